The number of aliphatic hydroxyl groups is 1. The van der Waals surface area contributed by atoms with Crippen molar-refractivity contribution in [1.29, 1.82) is 0 Å². The van der Waals surface area contributed by atoms with Gasteiger partial charge in [-0.25, -0.2) is 9.98 Å². The van der Waals surface area contributed by atoms with E-state index in [1.165, 1.54) is 0 Å². The predicted octanol–water partition coefficient (Wildman–Crippen LogP) is 2.68. The topological polar surface area (TPSA) is 91.9 Å². The molecule has 3 N–H and O–H groups in total. The van der Waals surface area contributed by atoms with E-state index < -0.39 is 6.10 Å². The van der Waals surface area contributed by atoms with Crippen molar-refractivity contribution in [2.45, 2.75) is 59.6 Å². The second-order valence-electron chi connectivity index (χ2n) is 7.53. The molecule has 0 fully saturated rings. The molecule has 0 amide bonds. The fourth-order valence-corrected chi connectivity index (χ4v) is 1.93. The van der Waals surface area contributed by atoms with Crippen molar-refractivity contribution in [1.82, 2.24) is 15.6 Å². The van der Waals surface area contributed by atoms with E-state index in [0.717, 1.165) is 12.3 Å². The van der Waals surface area contributed by atoms with Crippen molar-refractivity contribution < 1.29 is 14.3 Å². The molecule has 1 aromatic heterocycles. The number of oxazole rings is 1. The summed E-state index contributed by atoms with van der Waals surface area (Å²) in [6.07, 6.45) is 1.16. The van der Waals surface area contributed by atoms with Crippen LogP contribution in [0.25, 0.3) is 0 Å². The van der Waals surface area contributed by atoms with Crippen molar-refractivity contribution in [3.63, 3.8) is 0 Å². The van der Waals surface area contributed by atoms with Gasteiger partial charge >= 0.3 is 0 Å². The van der Waals surface area contributed by atoms with Gasteiger partial charge in [-0.2, -0.15) is 0 Å². The Hall–Kier alpha value is -0.870. The first-order valence-electron chi connectivity index (χ1n) is 8.95. The monoisotopic (exact) mass is 482 g/mol. The minimum absolute atomic E-state index is 0. The first-order valence-corrected chi connectivity index (χ1v) is 8.95. The largest absolute Gasteiger partial charge is 0.443 e. The van der Waals surface area contributed by atoms with Crippen LogP contribution in [0.3, 0.4) is 0 Å². The summed E-state index contributed by atoms with van der Waals surface area (Å²) in [6.45, 7) is 14.8. The van der Waals surface area contributed by atoms with Crippen LogP contribution in [0.5, 0.6) is 0 Å². The van der Waals surface area contributed by atoms with Crippen LogP contribution < -0.4 is 10.6 Å². The molecule has 1 atom stereocenters. The van der Waals surface area contributed by atoms with Crippen LogP contribution in [0.2, 0.25) is 0 Å². The molecule has 0 spiro atoms. The molecule has 8 heteroatoms. The summed E-state index contributed by atoms with van der Waals surface area (Å²) in [5, 5.41) is 16.2. The fraction of sp³-hybridized carbons (Fsp3) is 0.778. The molecule has 7 nitrogen and oxygen atoms in total. The van der Waals surface area contributed by atoms with Crippen LogP contribution >= 0.6 is 24.0 Å². The van der Waals surface area contributed by atoms with E-state index in [-0.39, 0.29) is 29.4 Å². The average molecular weight is 482 g/mol. The highest BCUT2D eigenvalue weighted by Crippen LogP contribution is 2.22. The number of aliphatic hydroxyl groups excluding tert-OH is 1. The Morgan fingerprint density at radius 1 is 1.31 bits per heavy atom. The maximum atomic E-state index is 9.96. The third-order valence-corrected chi connectivity index (χ3v) is 3.28. The highest BCUT2D eigenvalue weighted by atomic mass is 127. The standard InChI is InChI=1S/C18H34N4O3.HI/c1-7-19-17(21-8-14(23)12-24-11-13(2)3)22-10-16-20-9-15(25-16)18(4,5)6;/h9,13-14,23H,7-8,10-12H2,1-6H3,(H2,19,21,22);1H. The summed E-state index contributed by atoms with van der Waals surface area (Å²) < 4.78 is 11.2. The number of aromatic nitrogens is 1. The number of ether oxygens (including phenoxy) is 1. The van der Waals surface area contributed by atoms with Gasteiger partial charge < -0.3 is 24.9 Å². The molecule has 26 heavy (non-hydrogen) atoms. The number of aliphatic imine (C=N–C) groups is 1. The Morgan fingerprint density at radius 3 is 2.54 bits per heavy atom. The fourth-order valence-electron chi connectivity index (χ4n) is 1.93. The van der Waals surface area contributed by atoms with Gasteiger partial charge in [0, 0.05) is 25.1 Å². The molecular formula is C18H35IN4O3. The molecule has 152 valence electrons. The number of halogens is 1. The number of nitrogens with one attached hydrogen (secondary N) is 2. The molecule has 0 saturated heterocycles. The summed E-state index contributed by atoms with van der Waals surface area (Å²) in [4.78, 5) is 8.71. The first kappa shape index (κ1) is 25.1. The van der Waals surface area contributed by atoms with Gasteiger partial charge in [0.15, 0.2) is 5.96 Å². The van der Waals surface area contributed by atoms with Crippen molar-refractivity contribution in [3.05, 3.63) is 17.8 Å². The van der Waals surface area contributed by atoms with Crippen LogP contribution in [-0.4, -0.2) is 48.5 Å². The Bertz CT molecular complexity index is 527. The van der Waals surface area contributed by atoms with E-state index in [2.05, 4.69) is 55.2 Å². The third-order valence-electron chi connectivity index (χ3n) is 3.28. The van der Waals surface area contributed by atoms with Gasteiger partial charge in [-0.3, -0.25) is 0 Å². The molecule has 0 radical (unpaired) electrons. The van der Waals surface area contributed by atoms with Gasteiger partial charge in [0.25, 0.3) is 0 Å². The summed E-state index contributed by atoms with van der Waals surface area (Å²) >= 11 is 0. The smallest absolute Gasteiger partial charge is 0.216 e. The van der Waals surface area contributed by atoms with Crippen LogP contribution in [-0.2, 0) is 16.7 Å². The minimum atomic E-state index is -0.586. The minimum Gasteiger partial charge on any atom is -0.443 e. The molecule has 1 unspecified atom stereocenters. The highest BCUT2D eigenvalue weighted by Gasteiger charge is 2.19. The Morgan fingerprint density at radius 2 is 2.00 bits per heavy atom. The van der Waals surface area contributed by atoms with Gasteiger partial charge in [0.1, 0.15) is 12.3 Å². The molecule has 0 bridgehead atoms. The molecule has 0 saturated carbocycles. The lowest BCUT2D eigenvalue weighted by Crippen LogP contribution is -2.42. The van der Waals surface area contributed by atoms with E-state index in [1.807, 2.05) is 6.92 Å². The highest BCUT2D eigenvalue weighted by molar-refractivity contribution is 14.0. The zero-order valence-corrected chi connectivity index (χ0v) is 19.2. The summed E-state index contributed by atoms with van der Waals surface area (Å²) in [5.74, 6) is 2.48. The Labute approximate surface area is 174 Å². The second-order valence-corrected chi connectivity index (χ2v) is 7.53. The van der Waals surface area contributed by atoms with Crippen LogP contribution in [0.4, 0.5) is 0 Å². The second kappa shape index (κ2) is 12.5. The van der Waals surface area contributed by atoms with Gasteiger partial charge in [-0.15, -0.1) is 24.0 Å². The number of hydrogen-bond donors (Lipinski definition) is 3. The normalized spacial score (nSPS) is 13.5. The molecule has 1 rings (SSSR count). The van der Waals surface area contributed by atoms with E-state index in [0.29, 0.717) is 44.1 Å². The zero-order chi connectivity index (χ0) is 18.9. The molecule has 1 heterocycles. The van der Waals surface area contributed by atoms with Crippen molar-refractivity contribution in [3.8, 4) is 0 Å². The number of rotatable bonds is 9. The lowest BCUT2D eigenvalue weighted by Gasteiger charge is -2.16. The van der Waals surface area contributed by atoms with E-state index >= 15 is 0 Å². The first-order chi connectivity index (χ1) is 11.7. The van der Waals surface area contributed by atoms with E-state index in [1.54, 1.807) is 6.20 Å². The quantitative estimate of drug-likeness (QED) is 0.285. The lowest BCUT2D eigenvalue weighted by atomic mass is 9.94. The predicted molar refractivity (Wildman–Crippen MR) is 115 cm³/mol. The number of guanidine groups is 1. The molecule has 1 aromatic rings. The molecule has 0 aliphatic heterocycles. The zero-order valence-electron chi connectivity index (χ0n) is 16.8. The SMILES string of the molecule is CCNC(=NCc1ncc(C(C)(C)C)o1)NCC(O)COCC(C)C.I. The van der Waals surface area contributed by atoms with Crippen LogP contribution in [0.1, 0.15) is 53.2 Å². The third kappa shape index (κ3) is 10.3. The maximum absolute atomic E-state index is 9.96. The van der Waals surface area contributed by atoms with E-state index in [9.17, 15) is 5.11 Å². The lowest BCUT2D eigenvalue weighted by molar-refractivity contribution is 0.0280. The average Bonchev–Trinajstić information content (AvgIpc) is 2.99. The summed E-state index contributed by atoms with van der Waals surface area (Å²) in [7, 11) is 0. The van der Waals surface area contributed by atoms with Crippen LogP contribution in [0.15, 0.2) is 15.6 Å². The van der Waals surface area contributed by atoms with Crippen molar-refractivity contribution in [2.75, 3.05) is 26.3 Å². The van der Waals surface area contributed by atoms with Gasteiger partial charge in [-0.1, -0.05) is 34.6 Å². The number of nitrogens with zero attached hydrogens (tertiary/aromatic N) is 2. The Balaban J connectivity index is 0.00000625. The number of hydrogen-bond acceptors (Lipinski definition) is 5. The Kier molecular flexibility index (Phi) is 12.1. The van der Waals surface area contributed by atoms with Crippen molar-refractivity contribution in [2.24, 2.45) is 10.9 Å². The molecular weight excluding hydrogens is 447 g/mol. The van der Waals surface area contributed by atoms with Crippen molar-refractivity contribution >= 4 is 29.9 Å². The molecule has 0 aromatic carbocycles. The molecule has 0 aliphatic rings. The molecule has 0 aliphatic carbocycles. The van der Waals surface area contributed by atoms with Gasteiger partial charge in [-0.05, 0) is 12.8 Å². The van der Waals surface area contributed by atoms with Crippen LogP contribution in [0, 0.1) is 5.92 Å². The summed E-state index contributed by atoms with van der Waals surface area (Å²) in [6, 6.07) is 0. The maximum Gasteiger partial charge on any atom is 0.216 e. The van der Waals surface area contributed by atoms with E-state index in [4.69, 9.17) is 9.15 Å². The van der Waals surface area contributed by atoms with Gasteiger partial charge in [0.05, 0.1) is 18.9 Å². The summed E-state index contributed by atoms with van der Waals surface area (Å²) in [5.41, 5.74) is -0.0716. The van der Waals surface area contributed by atoms with Gasteiger partial charge in [0.2, 0.25) is 5.89 Å².